The van der Waals surface area contributed by atoms with Crippen LogP contribution in [0, 0.1) is 0 Å². The maximum Gasteiger partial charge on any atom is 0.221 e. The van der Waals surface area contributed by atoms with Gasteiger partial charge in [-0.05, 0) is 12.1 Å². The summed E-state index contributed by atoms with van der Waals surface area (Å²) in [5.74, 6) is 0.975. The number of thiazole rings is 1. The number of anilines is 1. The zero-order valence-corrected chi connectivity index (χ0v) is 11.9. The van der Waals surface area contributed by atoms with E-state index < -0.39 is 0 Å². The van der Waals surface area contributed by atoms with Gasteiger partial charge in [-0.25, -0.2) is 9.97 Å². The summed E-state index contributed by atoms with van der Waals surface area (Å²) < 4.78 is 6.69. The fourth-order valence-electron chi connectivity index (χ4n) is 1.78. The Bertz CT molecular complexity index is 704. The average molecular weight is 273 g/mol. The van der Waals surface area contributed by atoms with E-state index in [0.717, 1.165) is 15.2 Å². The number of nitrogens with two attached hydrogens (primary N) is 1. The predicted molar refractivity (Wildman–Crippen MR) is 78.2 cm³/mol. The summed E-state index contributed by atoms with van der Waals surface area (Å²) in [7, 11) is 0. The molecule has 0 radical (unpaired) electrons. The van der Waals surface area contributed by atoms with E-state index in [1.807, 2.05) is 45.0 Å². The highest BCUT2D eigenvalue weighted by Crippen LogP contribution is 2.35. The van der Waals surface area contributed by atoms with E-state index in [-0.39, 0.29) is 5.41 Å². The van der Waals surface area contributed by atoms with Gasteiger partial charge in [0.2, 0.25) is 11.8 Å². The average Bonchev–Trinajstić information content (AvgIpc) is 2.90. The summed E-state index contributed by atoms with van der Waals surface area (Å²) in [6, 6.07) is 7.99. The molecule has 0 bridgehead atoms. The van der Waals surface area contributed by atoms with Crippen LogP contribution in [0.25, 0.3) is 20.9 Å². The maximum absolute atomic E-state index is 5.93. The SMILES string of the molecule is CC(C)(C)c1nc(-c2nc3ccccc3s2)c(N)o1. The number of aromatic nitrogens is 2. The topological polar surface area (TPSA) is 64.9 Å². The number of para-hydroxylation sites is 1. The molecule has 3 rings (SSSR count). The van der Waals surface area contributed by atoms with Crippen LogP contribution in [-0.2, 0) is 5.41 Å². The number of hydrogen-bond donors (Lipinski definition) is 1. The van der Waals surface area contributed by atoms with Crippen molar-refractivity contribution in [3.8, 4) is 10.7 Å². The van der Waals surface area contributed by atoms with Crippen molar-refractivity contribution in [1.82, 2.24) is 9.97 Å². The largest absolute Gasteiger partial charge is 0.424 e. The van der Waals surface area contributed by atoms with Crippen LogP contribution in [0.2, 0.25) is 0 Å². The fourth-order valence-corrected chi connectivity index (χ4v) is 2.74. The number of benzene rings is 1. The van der Waals surface area contributed by atoms with Crippen molar-refractivity contribution in [3.05, 3.63) is 30.2 Å². The standard InChI is InChI=1S/C14H15N3OS/c1-14(2,3)13-17-10(11(15)18-13)12-16-8-6-4-5-7-9(8)19-12/h4-7H,15H2,1-3H3. The Hall–Kier alpha value is -1.88. The molecule has 2 heterocycles. The number of nitrogens with zero attached hydrogens (tertiary/aromatic N) is 2. The van der Waals surface area contributed by atoms with E-state index in [2.05, 4.69) is 9.97 Å². The van der Waals surface area contributed by atoms with Gasteiger partial charge in [0.05, 0.1) is 10.2 Å². The van der Waals surface area contributed by atoms with Crippen LogP contribution in [0.3, 0.4) is 0 Å². The highest BCUT2D eigenvalue weighted by Gasteiger charge is 2.24. The van der Waals surface area contributed by atoms with Crippen molar-refractivity contribution < 1.29 is 4.42 Å². The van der Waals surface area contributed by atoms with Crippen LogP contribution < -0.4 is 5.73 Å². The Labute approximate surface area is 115 Å². The molecule has 5 heteroatoms. The lowest BCUT2D eigenvalue weighted by Gasteiger charge is -2.11. The molecule has 2 N–H and O–H groups in total. The zero-order chi connectivity index (χ0) is 13.6. The molecule has 19 heavy (non-hydrogen) atoms. The smallest absolute Gasteiger partial charge is 0.221 e. The first-order valence-corrected chi connectivity index (χ1v) is 6.89. The van der Waals surface area contributed by atoms with Crippen molar-refractivity contribution in [2.45, 2.75) is 26.2 Å². The molecule has 4 nitrogen and oxygen atoms in total. The molecule has 0 saturated carbocycles. The monoisotopic (exact) mass is 273 g/mol. The Balaban J connectivity index is 2.13. The van der Waals surface area contributed by atoms with E-state index in [4.69, 9.17) is 10.2 Å². The minimum atomic E-state index is -0.164. The number of hydrogen-bond acceptors (Lipinski definition) is 5. The summed E-state index contributed by atoms with van der Waals surface area (Å²) in [4.78, 5) is 9.06. The van der Waals surface area contributed by atoms with Gasteiger partial charge in [-0.15, -0.1) is 11.3 Å². The third kappa shape index (κ3) is 2.10. The molecule has 0 atom stereocenters. The van der Waals surface area contributed by atoms with Crippen LogP contribution in [-0.4, -0.2) is 9.97 Å². The van der Waals surface area contributed by atoms with Gasteiger partial charge in [-0.3, -0.25) is 0 Å². The lowest BCUT2D eigenvalue weighted by molar-refractivity contribution is 0.401. The third-order valence-corrected chi connectivity index (χ3v) is 3.83. The van der Waals surface area contributed by atoms with Gasteiger partial charge >= 0.3 is 0 Å². The van der Waals surface area contributed by atoms with Gasteiger partial charge in [0.15, 0.2) is 5.69 Å². The van der Waals surface area contributed by atoms with E-state index in [0.29, 0.717) is 17.5 Å². The molecular weight excluding hydrogens is 258 g/mol. The quantitative estimate of drug-likeness (QED) is 0.731. The summed E-state index contributed by atoms with van der Waals surface area (Å²) >= 11 is 1.57. The molecule has 1 aromatic carbocycles. The Morgan fingerprint density at radius 2 is 1.89 bits per heavy atom. The van der Waals surface area contributed by atoms with Crippen molar-refractivity contribution in [2.75, 3.05) is 5.73 Å². The molecule has 3 aromatic rings. The molecule has 2 aromatic heterocycles. The fraction of sp³-hybridized carbons (Fsp3) is 0.286. The van der Waals surface area contributed by atoms with Crippen LogP contribution in [0.1, 0.15) is 26.7 Å². The second kappa shape index (κ2) is 4.06. The molecule has 0 aliphatic carbocycles. The number of nitrogen functional groups attached to an aromatic ring is 1. The highest BCUT2D eigenvalue weighted by atomic mass is 32.1. The Morgan fingerprint density at radius 1 is 1.16 bits per heavy atom. The minimum Gasteiger partial charge on any atom is -0.424 e. The van der Waals surface area contributed by atoms with Crippen LogP contribution >= 0.6 is 11.3 Å². The van der Waals surface area contributed by atoms with E-state index in [1.54, 1.807) is 11.3 Å². The van der Waals surface area contributed by atoms with Crippen molar-refractivity contribution >= 4 is 27.4 Å². The van der Waals surface area contributed by atoms with Crippen LogP contribution in [0.15, 0.2) is 28.7 Å². The van der Waals surface area contributed by atoms with Gasteiger partial charge in [-0.2, -0.15) is 0 Å². The van der Waals surface area contributed by atoms with Gasteiger partial charge in [0.25, 0.3) is 0 Å². The first-order chi connectivity index (χ1) is 8.95. The van der Waals surface area contributed by atoms with Crippen LogP contribution in [0.4, 0.5) is 5.88 Å². The third-order valence-electron chi connectivity index (χ3n) is 2.79. The summed E-state index contributed by atoms with van der Waals surface area (Å²) in [6.07, 6.45) is 0. The lowest BCUT2D eigenvalue weighted by atomic mass is 9.97. The second-order valence-electron chi connectivity index (χ2n) is 5.47. The van der Waals surface area contributed by atoms with Gasteiger partial charge in [-0.1, -0.05) is 32.9 Å². The Morgan fingerprint density at radius 3 is 2.53 bits per heavy atom. The molecule has 0 amide bonds. The molecule has 98 valence electrons. The predicted octanol–water partition coefficient (Wildman–Crippen LogP) is 3.83. The second-order valence-corrected chi connectivity index (χ2v) is 6.50. The van der Waals surface area contributed by atoms with Gasteiger partial charge in [0.1, 0.15) is 5.01 Å². The lowest BCUT2D eigenvalue weighted by Crippen LogP contribution is -2.11. The summed E-state index contributed by atoms with van der Waals surface area (Å²) in [6.45, 7) is 6.13. The molecule has 0 aliphatic rings. The molecule has 0 saturated heterocycles. The maximum atomic E-state index is 5.93. The zero-order valence-electron chi connectivity index (χ0n) is 11.1. The first kappa shape index (κ1) is 12.2. The van der Waals surface area contributed by atoms with Crippen molar-refractivity contribution in [3.63, 3.8) is 0 Å². The Kier molecular flexibility index (Phi) is 2.60. The van der Waals surface area contributed by atoms with E-state index in [9.17, 15) is 0 Å². The normalized spacial score (nSPS) is 12.2. The van der Waals surface area contributed by atoms with Crippen molar-refractivity contribution in [1.29, 1.82) is 0 Å². The minimum absolute atomic E-state index is 0.164. The highest BCUT2D eigenvalue weighted by molar-refractivity contribution is 7.21. The van der Waals surface area contributed by atoms with Crippen LogP contribution in [0.5, 0.6) is 0 Å². The van der Waals surface area contributed by atoms with Gasteiger partial charge < -0.3 is 10.2 Å². The van der Waals surface area contributed by atoms with Gasteiger partial charge in [0, 0.05) is 5.41 Å². The molecular formula is C14H15N3OS. The molecule has 0 fully saturated rings. The molecule has 0 spiro atoms. The summed E-state index contributed by atoms with van der Waals surface area (Å²) in [5.41, 5.74) is 7.37. The number of rotatable bonds is 1. The summed E-state index contributed by atoms with van der Waals surface area (Å²) in [5, 5.41) is 0.804. The number of fused-ring (bicyclic) bond motifs is 1. The van der Waals surface area contributed by atoms with E-state index in [1.165, 1.54) is 0 Å². The molecule has 0 aliphatic heterocycles. The molecule has 0 unspecified atom stereocenters. The first-order valence-electron chi connectivity index (χ1n) is 6.08. The van der Waals surface area contributed by atoms with Crippen molar-refractivity contribution in [2.24, 2.45) is 0 Å². The number of oxazole rings is 1. The van der Waals surface area contributed by atoms with E-state index >= 15 is 0 Å².